The molecule has 5 rings (SSSR count). The Morgan fingerprint density at radius 2 is 1.69 bits per heavy atom. The minimum atomic E-state index is -4.41. The van der Waals surface area contributed by atoms with Crippen molar-refractivity contribution in [2.24, 2.45) is 5.14 Å². The fourth-order valence-corrected chi connectivity index (χ4v) is 5.83. The third kappa shape index (κ3) is 5.33. The van der Waals surface area contributed by atoms with Gasteiger partial charge in [-0.1, -0.05) is 35.9 Å². The van der Waals surface area contributed by atoms with E-state index in [1.165, 1.54) is 26.4 Å². The van der Waals surface area contributed by atoms with E-state index in [1.807, 2.05) is 6.92 Å². The molecule has 0 aliphatic carbocycles. The predicted molar refractivity (Wildman–Crippen MR) is 155 cm³/mol. The number of sulfonamides is 1. The molecule has 3 aromatic heterocycles. The first-order valence-corrected chi connectivity index (χ1v) is 14.6. The highest BCUT2D eigenvalue weighted by atomic mass is 35.5. The Kier molecular flexibility index (Phi) is 7.99. The van der Waals surface area contributed by atoms with E-state index >= 15 is 0 Å². The van der Waals surface area contributed by atoms with E-state index in [-0.39, 0.29) is 33.5 Å². The molecule has 42 heavy (non-hydrogen) atoms. The molecule has 0 radical (unpaired) electrons. The monoisotopic (exact) mass is 612 g/mol. The van der Waals surface area contributed by atoms with Crippen LogP contribution in [0.4, 0.5) is 4.39 Å². The lowest BCUT2D eigenvalue weighted by Gasteiger charge is -2.18. The Balaban J connectivity index is 1.88. The molecule has 0 aliphatic heterocycles. The van der Waals surface area contributed by atoms with E-state index in [4.69, 9.17) is 31.0 Å². The van der Waals surface area contributed by atoms with Crippen molar-refractivity contribution < 1.29 is 27.0 Å². The molecule has 0 fully saturated rings. The Labute approximate surface area is 246 Å². The van der Waals surface area contributed by atoms with E-state index in [0.717, 1.165) is 6.07 Å². The standard InChI is InChI=1S/C28H26ClFN6O5S/c1-5-41-21-11-6-8-18(32-21)27-35-26-28(36(27)23-19(39-3)9-7-10-20(23)40-4)33-22(25(29)34-26)24(42(31,37)38)16-13-12-15(2)17(30)14-16/h6-14,24H,5H2,1-4H3,(H2,31,37,38). The van der Waals surface area contributed by atoms with Crippen LogP contribution in [0.3, 0.4) is 0 Å². The highest BCUT2D eigenvalue weighted by molar-refractivity contribution is 7.89. The van der Waals surface area contributed by atoms with Gasteiger partial charge in [-0.25, -0.2) is 37.9 Å². The van der Waals surface area contributed by atoms with Crippen LogP contribution in [-0.4, -0.2) is 53.7 Å². The number of pyridine rings is 1. The summed E-state index contributed by atoms with van der Waals surface area (Å²) in [7, 11) is -1.44. The van der Waals surface area contributed by atoms with Gasteiger partial charge < -0.3 is 14.2 Å². The first-order chi connectivity index (χ1) is 20.1. The highest BCUT2D eigenvalue weighted by Crippen LogP contribution is 2.40. The van der Waals surface area contributed by atoms with E-state index in [0.29, 0.717) is 40.9 Å². The smallest absolute Gasteiger partial charge is 0.222 e. The average molecular weight is 613 g/mol. The van der Waals surface area contributed by atoms with Gasteiger partial charge in [0.05, 0.1) is 20.8 Å². The normalized spacial score (nSPS) is 12.4. The Morgan fingerprint density at radius 3 is 2.31 bits per heavy atom. The maximum Gasteiger partial charge on any atom is 0.222 e. The minimum absolute atomic E-state index is 0.0309. The molecule has 2 N–H and O–H groups in total. The summed E-state index contributed by atoms with van der Waals surface area (Å²) in [4.78, 5) is 18.3. The molecule has 14 heteroatoms. The fourth-order valence-electron chi connectivity index (χ4n) is 4.53. The van der Waals surface area contributed by atoms with E-state index in [9.17, 15) is 12.8 Å². The average Bonchev–Trinajstić information content (AvgIpc) is 3.32. The van der Waals surface area contributed by atoms with Gasteiger partial charge in [0.2, 0.25) is 15.9 Å². The lowest BCUT2D eigenvalue weighted by Crippen LogP contribution is -2.24. The summed E-state index contributed by atoms with van der Waals surface area (Å²) in [6.07, 6.45) is 0. The Bertz CT molecular complexity index is 1890. The molecule has 1 atom stereocenters. The second-order valence-electron chi connectivity index (χ2n) is 9.10. The number of aromatic nitrogens is 5. The molecule has 0 aliphatic rings. The molecule has 0 amide bonds. The van der Waals surface area contributed by atoms with Crippen molar-refractivity contribution in [3.05, 3.63) is 82.4 Å². The van der Waals surface area contributed by atoms with Crippen molar-refractivity contribution in [3.8, 4) is 34.6 Å². The second-order valence-corrected chi connectivity index (χ2v) is 11.1. The molecular weight excluding hydrogens is 587 g/mol. The molecule has 0 spiro atoms. The maximum absolute atomic E-state index is 14.6. The summed E-state index contributed by atoms with van der Waals surface area (Å²) in [5.41, 5.74) is 1.08. The number of methoxy groups -OCH3 is 2. The van der Waals surface area contributed by atoms with Gasteiger partial charge in [0.1, 0.15) is 39.6 Å². The first-order valence-electron chi connectivity index (χ1n) is 12.6. The third-order valence-corrected chi connectivity index (χ3v) is 7.85. The number of para-hydroxylation sites is 1. The second kappa shape index (κ2) is 11.5. The van der Waals surface area contributed by atoms with Crippen LogP contribution < -0.4 is 19.3 Å². The van der Waals surface area contributed by atoms with Crippen molar-refractivity contribution in [3.63, 3.8) is 0 Å². The molecule has 5 aromatic rings. The van der Waals surface area contributed by atoms with Gasteiger partial charge in [-0.15, -0.1) is 0 Å². The van der Waals surface area contributed by atoms with Gasteiger partial charge in [-0.3, -0.25) is 4.57 Å². The molecule has 0 saturated heterocycles. The number of nitrogens with two attached hydrogens (primary N) is 1. The number of fused-ring (bicyclic) bond motifs is 1. The van der Waals surface area contributed by atoms with Crippen molar-refractivity contribution in [2.75, 3.05) is 20.8 Å². The van der Waals surface area contributed by atoms with Crippen LogP contribution >= 0.6 is 11.6 Å². The zero-order valence-corrected chi connectivity index (χ0v) is 24.6. The van der Waals surface area contributed by atoms with Crippen molar-refractivity contribution in [1.29, 1.82) is 0 Å². The zero-order valence-electron chi connectivity index (χ0n) is 23.0. The summed E-state index contributed by atoms with van der Waals surface area (Å²) in [6.45, 7) is 3.78. The summed E-state index contributed by atoms with van der Waals surface area (Å²) in [6, 6.07) is 14.3. The topological polar surface area (TPSA) is 144 Å². The molecule has 218 valence electrons. The number of aryl methyl sites for hydroxylation is 1. The molecule has 1 unspecified atom stereocenters. The van der Waals surface area contributed by atoms with Crippen LogP contribution in [0.2, 0.25) is 5.15 Å². The summed E-state index contributed by atoms with van der Waals surface area (Å²) in [5.74, 6) is 0.778. The number of benzene rings is 2. The van der Waals surface area contributed by atoms with Crippen molar-refractivity contribution in [2.45, 2.75) is 19.1 Å². The third-order valence-electron chi connectivity index (χ3n) is 6.42. The highest BCUT2D eigenvalue weighted by Gasteiger charge is 2.33. The largest absolute Gasteiger partial charge is 0.494 e. The van der Waals surface area contributed by atoms with Crippen LogP contribution in [-0.2, 0) is 10.0 Å². The molecular formula is C28H26ClFN6O5S. The maximum atomic E-state index is 14.6. The lowest BCUT2D eigenvalue weighted by atomic mass is 10.1. The minimum Gasteiger partial charge on any atom is -0.494 e. The number of ether oxygens (including phenoxy) is 3. The van der Waals surface area contributed by atoms with Crippen molar-refractivity contribution >= 4 is 32.9 Å². The number of halogens is 2. The molecule has 0 saturated carbocycles. The number of rotatable bonds is 9. The number of nitrogens with zero attached hydrogens (tertiary/aromatic N) is 5. The molecule has 0 bridgehead atoms. The van der Waals surface area contributed by atoms with Gasteiger partial charge in [0.25, 0.3) is 0 Å². The number of hydrogen-bond donors (Lipinski definition) is 1. The molecule has 2 aromatic carbocycles. The predicted octanol–water partition coefficient (Wildman–Crippen LogP) is 4.77. The van der Waals surface area contributed by atoms with Crippen LogP contribution in [0.25, 0.3) is 28.5 Å². The zero-order chi connectivity index (χ0) is 30.2. The number of primary sulfonamides is 1. The number of imidazole rings is 1. The quantitative estimate of drug-likeness (QED) is 0.249. The van der Waals surface area contributed by atoms with Gasteiger partial charge >= 0.3 is 0 Å². The fraction of sp³-hybridized carbons (Fsp3) is 0.214. The lowest BCUT2D eigenvalue weighted by molar-refractivity contribution is 0.327. The molecule has 11 nitrogen and oxygen atoms in total. The first kappa shape index (κ1) is 29.2. The Morgan fingerprint density at radius 1 is 1.00 bits per heavy atom. The SMILES string of the molecule is CCOc1cccc(-c2nc3nc(Cl)c(C(c4ccc(C)c(F)c4)S(N)(=O)=O)nc3n2-c2c(OC)cccc2OC)n1. The van der Waals surface area contributed by atoms with Gasteiger partial charge in [-0.05, 0) is 49.2 Å². The van der Waals surface area contributed by atoms with Crippen molar-refractivity contribution in [1.82, 2.24) is 24.5 Å². The van der Waals surface area contributed by atoms with Crippen LogP contribution in [0.1, 0.15) is 29.0 Å². The van der Waals surface area contributed by atoms with E-state index < -0.39 is 21.1 Å². The van der Waals surface area contributed by atoms with Gasteiger partial charge in [-0.2, -0.15) is 0 Å². The van der Waals surface area contributed by atoms with Crippen LogP contribution in [0.15, 0.2) is 54.6 Å². The molecule has 3 heterocycles. The van der Waals surface area contributed by atoms with Crippen LogP contribution in [0, 0.1) is 12.7 Å². The Hall–Kier alpha value is -4.33. The summed E-state index contributed by atoms with van der Waals surface area (Å²) >= 11 is 6.54. The van der Waals surface area contributed by atoms with Gasteiger partial charge in [0, 0.05) is 6.07 Å². The number of hydrogen-bond acceptors (Lipinski definition) is 9. The summed E-state index contributed by atoms with van der Waals surface area (Å²) < 4.78 is 58.9. The van der Waals surface area contributed by atoms with E-state index in [1.54, 1.807) is 47.9 Å². The van der Waals surface area contributed by atoms with Crippen LogP contribution in [0.5, 0.6) is 17.4 Å². The van der Waals surface area contributed by atoms with E-state index in [2.05, 4.69) is 19.9 Å². The summed E-state index contributed by atoms with van der Waals surface area (Å²) in [5, 5.41) is 3.75. The van der Waals surface area contributed by atoms with Gasteiger partial charge in [0.15, 0.2) is 22.3 Å².